The fraction of sp³-hybridized carbons (Fsp3) is 0.908. The lowest BCUT2D eigenvalue weighted by Crippen LogP contribution is -2.68. The fourth-order valence-electron chi connectivity index (χ4n) is 15.5. The van der Waals surface area contributed by atoms with Crippen molar-refractivity contribution in [1.82, 2.24) is 10.6 Å². The molecule has 24 unspecified atom stereocenters. The maximum Gasteiger partial charge on any atom is 0.420 e. The minimum absolute atomic E-state index is 0. The van der Waals surface area contributed by atoms with E-state index in [2.05, 4.69) is 140 Å². The summed E-state index contributed by atoms with van der Waals surface area (Å²) in [5, 5.41) is 47.1. The molecular formula is C98H179F3N2O32. The number of Topliss-reactive ketones (excluding diaryl/α,β-unsaturated/α-hetero) is 1. The van der Waals surface area contributed by atoms with Crippen molar-refractivity contribution in [2.24, 2.45) is 57.7 Å². The monoisotopic (exact) mass is 1950 g/mol. The number of alkyl halides is 3. The molecule has 16 rings (SSSR count). The number of nitrogens with one attached hydrogen (secondary N) is 2. The van der Waals surface area contributed by atoms with E-state index in [1.807, 2.05) is 87.4 Å². The Bertz CT molecular complexity index is 3610. The quantitative estimate of drug-likeness (QED) is 0.0206. The van der Waals surface area contributed by atoms with Crippen molar-refractivity contribution in [1.29, 1.82) is 0 Å². The highest BCUT2D eigenvalue weighted by atomic mass is 19.4. The van der Waals surface area contributed by atoms with Gasteiger partial charge in [-0.3, -0.25) is 20.2 Å². The first-order valence-corrected chi connectivity index (χ1v) is 47.6. The molecule has 24 atom stereocenters. The number of hydrogen-bond donors (Lipinski definition) is 6. The number of benzene rings is 1. The highest BCUT2D eigenvalue weighted by Crippen LogP contribution is 2.65. The Labute approximate surface area is 804 Å². The van der Waals surface area contributed by atoms with Crippen molar-refractivity contribution >= 4 is 5.78 Å². The molecule has 1 aromatic rings. The van der Waals surface area contributed by atoms with Crippen LogP contribution in [0, 0.1) is 57.7 Å². The maximum atomic E-state index is 12.9. The van der Waals surface area contributed by atoms with E-state index in [0.717, 1.165) is 70.9 Å². The number of epoxide rings is 5. The molecule has 15 heterocycles. The van der Waals surface area contributed by atoms with Gasteiger partial charge in [-0.15, -0.1) is 0 Å². The van der Waals surface area contributed by atoms with Gasteiger partial charge in [0, 0.05) is 50.7 Å². The first-order chi connectivity index (χ1) is 61.4. The summed E-state index contributed by atoms with van der Waals surface area (Å²) in [6, 6.07) is 8.76. The SMILES string of the molecule is C.C.C.C=C(OC)C1(C(C)CC)OO1.CCC(C)(C)C(C)(C)C1(C(F)(F)F)CO1.CCC(C)(C)C1(C)CO1.CCC(C)C1(C)CO1.CCC(C)C1(C)OO1.CCC(C)CC1(C(C)=O)CO1.CCC(C)OC1(C)CO1.CCC(c1ccccc1)C1C(C)C2(OO2)OC12OO2.CCOC(C)C(C)C1(C)OO1.COC1C(CO)OC(OC2C(CO)OCC(NC3(C)OO3)C2O)C(NC2(C)OO2)C1O. The molecule has 37 heteroatoms. The Hall–Kier alpha value is -3.06. The minimum Gasteiger partial charge on any atom is -0.496 e. The van der Waals surface area contributed by atoms with Crippen LogP contribution in [0.3, 0.4) is 0 Å². The number of ketones is 1. The molecule has 15 aliphatic rings. The van der Waals surface area contributed by atoms with Crippen LogP contribution in [0.25, 0.3) is 0 Å². The molecule has 1 aromatic carbocycles. The molecule has 6 N–H and O–H groups in total. The number of methoxy groups -OCH3 is 2. The molecule has 794 valence electrons. The van der Waals surface area contributed by atoms with Crippen molar-refractivity contribution < 1.29 is 168 Å². The fourth-order valence-corrected chi connectivity index (χ4v) is 15.5. The van der Waals surface area contributed by atoms with Crippen molar-refractivity contribution in [3.63, 3.8) is 0 Å². The number of carbonyl (C=O) groups excluding carboxylic acids is 1. The molecule has 0 aromatic heterocycles. The first kappa shape index (κ1) is 124. The van der Waals surface area contributed by atoms with Crippen LogP contribution in [-0.2, 0) is 135 Å². The Morgan fingerprint density at radius 3 is 1.44 bits per heavy atom. The Morgan fingerprint density at radius 1 is 0.593 bits per heavy atom. The van der Waals surface area contributed by atoms with Crippen LogP contribution in [0.5, 0.6) is 0 Å². The second-order valence-electron chi connectivity index (χ2n) is 40.4. The predicted molar refractivity (Wildman–Crippen MR) is 493 cm³/mol. The summed E-state index contributed by atoms with van der Waals surface area (Å²) in [6.45, 7) is 69.0. The zero-order chi connectivity index (χ0) is 99.5. The number of aliphatic hydroxyl groups is 4. The molecular weight excluding hydrogens is 1770 g/mol. The third-order valence-corrected chi connectivity index (χ3v) is 30.2. The number of ether oxygens (including phenoxy) is 13. The molecule has 15 fully saturated rings. The molecule has 0 aliphatic carbocycles. The van der Waals surface area contributed by atoms with Crippen LogP contribution in [0.15, 0.2) is 42.7 Å². The van der Waals surface area contributed by atoms with E-state index in [0.29, 0.717) is 42.1 Å². The summed E-state index contributed by atoms with van der Waals surface area (Å²) < 4.78 is 109. The van der Waals surface area contributed by atoms with Crippen molar-refractivity contribution in [2.45, 2.75) is 443 Å². The lowest BCUT2D eigenvalue weighted by atomic mass is 9.59. The molecule has 0 bridgehead atoms. The van der Waals surface area contributed by atoms with E-state index in [9.17, 15) is 38.4 Å². The van der Waals surface area contributed by atoms with Crippen LogP contribution in [0.4, 0.5) is 13.2 Å². The summed E-state index contributed by atoms with van der Waals surface area (Å²) in [4.78, 5) is 79.7. The van der Waals surface area contributed by atoms with Crippen LogP contribution in [0.2, 0.25) is 0 Å². The van der Waals surface area contributed by atoms with Crippen molar-refractivity contribution in [2.75, 3.05) is 73.7 Å². The lowest BCUT2D eigenvalue weighted by Gasteiger charge is -2.47. The molecule has 0 amide bonds. The Balaban J connectivity index is 0.000000325. The van der Waals surface area contributed by atoms with Gasteiger partial charge in [-0.2, -0.15) is 81.6 Å². The summed E-state index contributed by atoms with van der Waals surface area (Å²) in [5.41, 5.74) is -1.54. The molecule has 135 heavy (non-hydrogen) atoms. The van der Waals surface area contributed by atoms with Gasteiger partial charge >= 0.3 is 18.1 Å². The normalized spacial score (nSPS) is 33.8. The summed E-state index contributed by atoms with van der Waals surface area (Å²) >= 11 is 0. The predicted octanol–water partition coefficient (Wildman–Crippen LogP) is 17.4. The summed E-state index contributed by atoms with van der Waals surface area (Å²) in [5.74, 6) is -2.17. The van der Waals surface area contributed by atoms with Crippen molar-refractivity contribution in [3.8, 4) is 0 Å². The van der Waals surface area contributed by atoms with E-state index in [1.165, 1.54) is 25.5 Å². The van der Waals surface area contributed by atoms with E-state index < -0.39 is 126 Å². The Morgan fingerprint density at radius 2 is 1.10 bits per heavy atom. The third-order valence-electron chi connectivity index (χ3n) is 30.2. The minimum atomic E-state index is -4.27. The highest BCUT2D eigenvalue weighted by molar-refractivity contribution is 5.87. The average Bonchev–Trinajstić information content (AvgIpc) is 1.58. The van der Waals surface area contributed by atoms with E-state index >= 15 is 0 Å². The van der Waals surface area contributed by atoms with Crippen LogP contribution >= 0.6 is 0 Å². The van der Waals surface area contributed by atoms with Crippen LogP contribution in [0.1, 0.15) is 306 Å². The van der Waals surface area contributed by atoms with Gasteiger partial charge < -0.3 is 77.3 Å². The largest absolute Gasteiger partial charge is 0.496 e. The number of aliphatic hydroxyl groups excluding tert-OH is 4. The standard InChI is InChI=1S/C17H30N2O12.C14H16O5.C11H19F3O.C9H16O2.C8H16O3.C8H14O3.C8H16O.C7H14O2.C7H14O.C6H12O2.3CH4/c1-16(28-29-16)18-7-6-25-8(4-20)14(11(7)22)27-15-10(19-17(2)30-31-17)12(23)13(24-3)9(5-21)26-15;1-3-11(10-7-5-4-6-8-10)12-9(2)13(16-17-13)15-14(12)18-19-14;1-6-8(2,3)9(4,5)10(7-15-10)11(12,13)14;1-4-7(2)5-9(6-11-9)8(3)10;1-5-9-7(3)6(2)8(4)10-11-8;1-5-6(2)8(10-11-8)7(3)9-4;1-5-7(2,3)8(4)6-9-8;1-4-6(2)9-7(3)5-8-7;1-4-6(2)7(3)5-8-7;1-4-5(2)6(3)7-8-6;;;/h7-15,18-23H,4-6H2,1-3H3;4-9,11-12H,3H2,1-2H3;6-7H2,1-5H3;7H,4-6H2,1-3H3;6-7H,5H2,1-4H3;6H,3,5H2,1-2,4H3;5-6H2,1-4H3;6H,4-5H2,1-3H3;6H,4-5H2,1-3H3;5H,4H2,1-3H3;3*1H4. The lowest BCUT2D eigenvalue weighted by molar-refractivity contribution is -0.314. The molecule has 15 aliphatic heterocycles. The van der Waals surface area contributed by atoms with Gasteiger partial charge in [-0.25, -0.2) is 0 Å². The van der Waals surface area contributed by atoms with E-state index in [1.54, 1.807) is 41.7 Å². The maximum absolute atomic E-state index is 12.9. The van der Waals surface area contributed by atoms with Gasteiger partial charge in [0.25, 0.3) is 17.6 Å². The smallest absolute Gasteiger partial charge is 0.420 e. The topological polar surface area (TPSA) is 434 Å². The second kappa shape index (κ2) is 49.7. The van der Waals surface area contributed by atoms with Crippen LogP contribution < -0.4 is 10.6 Å². The number of halogens is 3. The number of hydrogen-bond acceptors (Lipinski definition) is 34. The summed E-state index contributed by atoms with van der Waals surface area (Å²) in [7, 11) is 2.95. The number of rotatable bonds is 36. The molecule has 0 radical (unpaired) electrons. The molecule has 34 nitrogen and oxygen atoms in total. The van der Waals surface area contributed by atoms with Gasteiger partial charge in [0.05, 0.1) is 101 Å². The van der Waals surface area contributed by atoms with Gasteiger partial charge in [-0.1, -0.05) is 217 Å². The Kier molecular flexibility index (Phi) is 45.7. The van der Waals surface area contributed by atoms with Gasteiger partial charge in [0.2, 0.25) is 11.6 Å². The highest BCUT2D eigenvalue weighted by Gasteiger charge is 2.81. The molecule has 15 saturated heterocycles. The zero-order valence-corrected chi connectivity index (χ0v) is 85.1. The van der Waals surface area contributed by atoms with Gasteiger partial charge in [-0.05, 0) is 135 Å². The van der Waals surface area contributed by atoms with Crippen molar-refractivity contribution in [3.05, 3.63) is 48.2 Å². The molecule has 0 saturated carbocycles. The van der Waals surface area contributed by atoms with E-state index in [-0.39, 0.29) is 105 Å². The third kappa shape index (κ3) is 32.0. The first-order valence-electron chi connectivity index (χ1n) is 47.6. The summed E-state index contributed by atoms with van der Waals surface area (Å²) in [6.07, 6.45) is -1.77. The average molecular weight is 1950 g/mol. The van der Waals surface area contributed by atoms with E-state index in [4.69, 9.17) is 130 Å². The number of carbonyl (C=O) groups is 1. The molecule has 2 spiro atoms. The zero-order valence-electron chi connectivity index (χ0n) is 85.1. The second-order valence-corrected chi connectivity index (χ2v) is 40.4. The van der Waals surface area contributed by atoms with Gasteiger partial charge in [0.15, 0.2) is 29.2 Å². The van der Waals surface area contributed by atoms with Crippen LogP contribution in [-0.4, -0.2) is 243 Å². The van der Waals surface area contributed by atoms with Gasteiger partial charge in [0.1, 0.15) is 48.8 Å².